The molecule has 41 heavy (non-hydrogen) atoms. The van der Waals surface area contributed by atoms with Gasteiger partial charge in [0.15, 0.2) is 11.5 Å². The minimum absolute atomic E-state index is 0.110. The number of para-hydroxylation sites is 2. The number of aromatic amines is 1. The van der Waals surface area contributed by atoms with E-state index >= 15 is 0 Å². The van der Waals surface area contributed by atoms with Gasteiger partial charge in [-0.2, -0.15) is 0 Å². The average molecular weight is 553 g/mol. The molecule has 5 rings (SSSR count). The van der Waals surface area contributed by atoms with Crippen LogP contribution >= 0.6 is 0 Å². The van der Waals surface area contributed by atoms with Crippen molar-refractivity contribution in [3.05, 3.63) is 95.4 Å². The summed E-state index contributed by atoms with van der Waals surface area (Å²) in [4.78, 5) is 30.2. The normalized spacial score (nSPS) is 11.5. The zero-order chi connectivity index (χ0) is 28.9. The summed E-state index contributed by atoms with van der Waals surface area (Å²) in [6.45, 7) is 0.383. The number of nitrogens with one attached hydrogen (secondary N) is 3. The second-order valence-corrected chi connectivity index (χ2v) is 9.50. The van der Waals surface area contributed by atoms with Crippen LogP contribution in [0, 0.1) is 0 Å². The van der Waals surface area contributed by atoms with Gasteiger partial charge in [-0.3, -0.25) is 9.59 Å². The van der Waals surface area contributed by atoms with Gasteiger partial charge in [-0.05, 0) is 42.3 Å². The smallest absolute Gasteiger partial charge is 0.267 e. The average Bonchev–Trinajstić information content (AvgIpc) is 3.56. The molecule has 2 amide bonds. The van der Waals surface area contributed by atoms with Crippen molar-refractivity contribution >= 4 is 39.7 Å². The van der Waals surface area contributed by atoms with Gasteiger partial charge in [0.25, 0.3) is 11.8 Å². The van der Waals surface area contributed by atoms with Crippen molar-refractivity contribution in [2.24, 2.45) is 7.05 Å². The lowest BCUT2D eigenvalue weighted by molar-refractivity contribution is -0.117. The molecule has 0 saturated heterocycles. The molecule has 9 heteroatoms. The predicted octanol–water partition coefficient (Wildman–Crippen LogP) is 4.82. The zero-order valence-corrected chi connectivity index (χ0v) is 23.4. The maximum Gasteiger partial charge on any atom is 0.267 e. The largest absolute Gasteiger partial charge is 0.493 e. The quantitative estimate of drug-likeness (QED) is 0.216. The summed E-state index contributed by atoms with van der Waals surface area (Å²) in [5.74, 6) is 0.133. The number of carbonyl (C=O) groups excluding carboxylic acids is 2. The molecule has 0 bridgehead atoms. The molecule has 3 aromatic carbocycles. The first-order valence-electron chi connectivity index (χ1n) is 13.1. The molecule has 0 aliphatic carbocycles. The van der Waals surface area contributed by atoms with Crippen molar-refractivity contribution in [2.45, 2.75) is 6.42 Å². The standard InChI is InChI=1S/C32H32N4O5/c1-36-19-22(24-10-6-8-12-27(24)36)15-26(32(38)33-14-13-20-18-34-25-11-7-5-9-23(20)25)35-31(37)21-16-28(39-2)30(41-4)29(17-21)40-3/h5-12,15-19,34H,13-14H2,1-4H3,(H,33,38)(H,35,37). The number of nitrogens with zero attached hydrogens (tertiary/aromatic N) is 1. The monoisotopic (exact) mass is 552 g/mol. The van der Waals surface area contributed by atoms with E-state index in [1.54, 1.807) is 18.2 Å². The molecule has 2 aromatic heterocycles. The molecule has 0 aliphatic heterocycles. The van der Waals surface area contributed by atoms with Gasteiger partial charge in [0.1, 0.15) is 5.70 Å². The summed E-state index contributed by atoms with van der Waals surface area (Å²) in [7, 11) is 6.39. The van der Waals surface area contributed by atoms with E-state index in [0.717, 1.165) is 32.9 Å². The molecule has 9 nitrogen and oxygen atoms in total. The molecule has 5 aromatic rings. The van der Waals surface area contributed by atoms with Crippen LogP contribution in [-0.4, -0.2) is 49.2 Å². The Morgan fingerprint density at radius 1 is 0.927 bits per heavy atom. The van der Waals surface area contributed by atoms with Gasteiger partial charge >= 0.3 is 0 Å². The Morgan fingerprint density at radius 2 is 1.61 bits per heavy atom. The fraction of sp³-hybridized carbons (Fsp3) is 0.188. The first-order valence-corrected chi connectivity index (χ1v) is 13.1. The first kappa shape index (κ1) is 27.4. The molecule has 0 fully saturated rings. The molecule has 210 valence electrons. The molecule has 0 spiro atoms. The number of hydrogen-bond donors (Lipinski definition) is 3. The minimum atomic E-state index is -0.498. The number of hydrogen-bond acceptors (Lipinski definition) is 5. The fourth-order valence-corrected chi connectivity index (χ4v) is 4.95. The van der Waals surface area contributed by atoms with Gasteiger partial charge in [-0.1, -0.05) is 36.4 Å². The third kappa shape index (κ3) is 5.60. The van der Waals surface area contributed by atoms with Crippen LogP contribution in [0.15, 0.2) is 78.8 Å². The summed E-state index contributed by atoms with van der Waals surface area (Å²) in [6.07, 6.45) is 6.20. The highest BCUT2D eigenvalue weighted by molar-refractivity contribution is 6.07. The minimum Gasteiger partial charge on any atom is -0.493 e. The SMILES string of the molecule is COc1cc(C(=O)NC(=Cc2cn(C)c3ccccc23)C(=O)NCCc2c[nH]c3ccccc23)cc(OC)c1OC. The number of fused-ring (bicyclic) bond motifs is 2. The maximum absolute atomic E-state index is 13.5. The van der Waals surface area contributed by atoms with Crippen molar-refractivity contribution in [2.75, 3.05) is 27.9 Å². The highest BCUT2D eigenvalue weighted by atomic mass is 16.5. The van der Waals surface area contributed by atoms with E-state index in [2.05, 4.69) is 15.6 Å². The number of aromatic nitrogens is 2. The van der Waals surface area contributed by atoms with Crippen molar-refractivity contribution in [3.63, 3.8) is 0 Å². The Bertz CT molecular complexity index is 1740. The van der Waals surface area contributed by atoms with E-state index in [1.165, 1.54) is 21.3 Å². The molecule has 2 heterocycles. The van der Waals surface area contributed by atoms with Crippen LogP contribution in [0.25, 0.3) is 27.9 Å². The van der Waals surface area contributed by atoms with Gasteiger partial charge in [0, 0.05) is 58.9 Å². The van der Waals surface area contributed by atoms with Crippen LogP contribution in [0.3, 0.4) is 0 Å². The summed E-state index contributed by atoms with van der Waals surface area (Å²) < 4.78 is 18.2. The number of ether oxygens (including phenoxy) is 3. The lowest BCUT2D eigenvalue weighted by Gasteiger charge is -2.15. The second-order valence-electron chi connectivity index (χ2n) is 9.50. The summed E-state index contributed by atoms with van der Waals surface area (Å²) >= 11 is 0. The van der Waals surface area contributed by atoms with Gasteiger partial charge in [-0.25, -0.2) is 0 Å². The third-order valence-corrected chi connectivity index (χ3v) is 7.00. The summed E-state index contributed by atoms with van der Waals surface area (Å²) in [5, 5.41) is 7.85. The summed E-state index contributed by atoms with van der Waals surface area (Å²) in [6, 6.07) is 19.0. The number of methoxy groups -OCH3 is 3. The van der Waals surface area contributed by atoms with Crippen LogP contribution in [0.2, 0.25) is 0 Å². The summed E-state index contributed by atoms with van der Waals surface area (Å²) in [5.41, 5.74) is 4.31. The molecule has 3 N–H and O–H groups in total. The van der Waals surface area contributed by atoms with Gasteiger partial charge in [0.05, 0.1) is 21.3 Å². The zero-order valence-electron chi connectivity index (χ0n) is 23.4. The number of amides is 2. The van der Waals surface area contributed by atoms with Gasteiger partial charge < -0.3 is 34.4 Å². The number of rotatable bonds is 10. The van der Waals surface area contributed by atoms with E-state index in [-0.39, 0.29) is 11.3 Å². The Kier molecular flexibility index (Phi) is 7.96. The van der Waals surface area contributed by atoms with Crippen molar-refractivity contribution in [1.82, 2.24) is 20.2 Å². The number of aryl methyl sites for hydroxylation is 1. The topological polar surface area (TPSA) is 107 Å². The molecule has 0 radical (unpaired) electrons. The second kappa shape index (κ2) is 11.9. The fourth-order valence-electron chi connectivity index (χ4n) is 4.95. The van der Waals surface area contributed by atoms with Crippen LogP contribution < -0.4 is 24.8 Å². The molecule has 0 atom stereocenters. The Morgan fingerprint density at radius 3 is 2.32 bits per heavy atom. The lowest BCUT2D eigenvalue weighted by Crippen LogP contribution is -2.35. The van der Waals surface area contributed by atoms with Crippen molar-refractivity contribution in [1.29, 1.82) is 0 Å². The van der Waals surface area contributed by atoms with E-state index in [9.17, 15) is 9.59 Å². The van der Waals surface area contributed by atoms with Crippen molar-refractivity contribution < 1.29 is 23.8 Å². The molecular formula is C32H32N4O5. The number of benzene rings is 3. The molecular weight excluding hydrogens is 520 g/mol. The van der Waals surface area contributed by atoms with E-state index < -0.39 is 11.8 Å². The highest BCUT2D eigenvalue weighted by Gasteiger charge is 2.20. The lowest BCUT2D eigenvalue weighted by atomic mass is 10.1. The van der Waals surface area contributed by atoms with Gasteiger partial charge in [0.2, 0.25) is 5.75 Å². The molecule has 0 aliphatic rings. The molecule has 0 saturated carbocycles. The van der Waals surface area contributed by atoms with Crippen LogP contribution in [0.4, 0.5) is 0 Å². The first-order chi connectivity index (χ1) is 19.9. The maximum atomic E-state index is 13.5. The van der Waals surface area contributed by atoms with Crippen LogP contribution in [0.5, 0.6) is 17.2 Å². The van der Waals surface area contributed by atoms with E-state index in [1.807, 2.05) is 72.5 Å². The van der Waals surface area contributed by atoms with Gasteiger partial charge in [-0.15, -0.1) is 0 Å². The Hall–Kier alpha value is -5.18. The Balaban J connectivity index is 1.43. The number of H-pyrrole nitrogens is 1. The highest BCUT2D eigenvalue weighted by Crippen LogP contribution is 2.38. The molecule has 0 unspecified atom stereocenters. The van der Waals surface area contributed by atoms with Crippen LogP contribution in [-0.2, 0) is 18.3 Å². The van der Waals surface area contributed by atoms with Crippen molar-refractivity contribution in [3.8, 4) is 17.2 Å². The van der Waals surface area contributed by atoms with E-state index in [0.29, 0.717) is 30.2 Å². The number of carbonyl (C=O) groups is 2. The predicted molar refractivity (Wildman–Crippen MR) is 159 cm³/mol. The third-order valence-electron chi connectivity index (χ3n) is 7.00. The van der Waals surface area contributed by atoms with E-state index in [4.69, 9.17) is 14.2 Å². The Labute approximate surface area is 237 Å². The van der Waals surface area contributed by atoms with Crippen LogP contribution in [0.1, 0.15) is 21.5 Å².